The van der Waals surface area contributed by atoms with Gasteiger partial charge in [-0.1, -0.05) is 12.2 Å². The highest BCUT2D eigenvalue weighted by Crippen LogP contribution is 2.44. The van der Waals surface area contributed by atoms with Crippen molar-refractivity contribution in [3.05, 3.63) is 22.2 Å². The lowest BCUT2D eigenvalue weighted by molar-refractivity contribution is 0.00753. The van der Waals surface area contributed by atoms with E-state index in [-0.39, 0.29) is 18.8 Å². The van der Waals surface area contributed by atoms with E-state index in [0.717, 1.165) is 18.5 Å². The summed E-state index contributed by atoms with van der Waals surface area (Å²) in [6.45, 7) is 0. The molecule has 0 radical (unpaired) electrons. The molecule has 17 heavy (non-hydrogen) atoms. The van der Waals surface area contributed by atoms with Gasteiger partial charge in [0.1, 0.15) is 10.5 Å². The molecule has 0 spiro atoms. The molecule has 0 amide bonds. The lowest BCUT2D eigenvalue weighted by atomic mass is 10.1. The van der Waals surface area contributed by atoms with Gasteiger partial charge in [0.2, 0.25) is 5.92 Å². The van der Waals surface area contributed by atoms with Gasteiger partial charge in [-0.25, -0.2) is 13.8 Å². The van der Waals surface area contributed by atoms with Crippen LogP contribution in [0.3, 0.4) is 0 Å². The van der Waals surface area contributed by atoms with Gasteiger partial charge < -0.3 is 4.98 Å². The van der Waals surface area contributed by atoms with Crippen LogP contribution in [0.1, 0.15) is 55.5 Å². The lowest BCUT2D eigenvalue weighted by Crippen LogP contribution is -2.10. The summed E-state index contributed by atoms with van der Waals surface area (Å²) in [5.41, 5.74) is 1.08. The third-order valence-electron chi connectivity index (χ3n) is 3.59. The second-order valence-corrected chi connectivity index (χ2v) is 5.55. The normalized spacial score (nSPS) is 27.3. The van der Waals surface area contributed by atoms with E-state index in [0.29, 0.717) is 22.8 Å². The smallest absolute Gasteiger partial charge is 0.248 e. The van der Waals surface area contributed by atoms with Gasteiger partial charge in [0.15, 0.2) is 0 Å². The topological polar surface area (TPSA) is 28.7 Å². The van der Waals surface area contributed by atoms with Crippen LogP contribution in [0.4, 0.5) is 8.78 Å². The molecule has 1 heterocycles. The number of hydrogen-bond donors (Lipinski definition) is 1. The lowest BCUT2D eigenvalue weighted by Gasteiger charge is -2.11. The number of aromatic amines is 1. The average molecular weight is 256 g/mol. The van der Waals surface area contributed by atoms with Crippen molar-refractivity contribution in [2.45, 2.75) is 49.9 Å². The van der Waals surface area contributed by atoms with Crippen LogP contribution in [0, 0.1) is 4.64 Å². The SMILES string of the molecule is FC1(F)CCC(c2nc(=S)cc(C3CC3)[nH]2)C1. The highest BCUT2D eigenvalue weighted by atomic mass is 32.1. The fourth-order valence-corrected chi connectivity index (χ4v) is 2.71. The maximum atomic E-state index is 13.2. The van der Waals surface area contributed by atoms with E-state index < -0.39 is 5.92 Å². The van der Waals surface area contributed by atoms with Crippen LogP contribution in [0.2, 0.25) is 0 Å². The van der Waals surface area contributed by atoms with E-state index in [1.165, 1.54) is 0 Å². The summed E-state index contributed by atoms with van der Waals surface area (Å²) in [5, 5.41) is 0. The summed E-state index contributed by atoms with van der Waals surface area (Å²) < 4.78 is 26.9. The fourth-order valence-electron chi connectivity index (χ4n) is 2.49. The van der Waals surface area contributed by atoms with Gasteiger partial charge >= 0.3 is 0 Å². The first-order valence-electron chi connectivity index (χ1n) is 6.02. The minimum atomic E-state index is -2.53. The average Bonchev–Trinajstić information content (AvgIpc) is 3.02. The second-order valence-electron chi connectivity index (χ2n) is 5.13. The van der Waals surface area contributed by atoms with Crippen LogP contribution in [-0.4, -0.2) is 15.9 Å². The Morgan fingerprint density at radius 3 is 2.65 bits per heavy atom. The Morgan fingerprint density at radius 1 is 1.29 bits per heavy atom. The van der Waals surface area contributed by atoms with Crippen molar-refractivity contribution in [1.82, 2.24) is 9.97 Å². The van der Waals surface area contributed by atoms with E-state index in [2.05, 4.69) is 9.97 Å². The number of rotatable bonds is 2. The highest BCUT2D eigenvalue weighted by Gasteiger charge is 2.41. The summed E-state index contributed by atoms with van der Waals surface area (Å²) >= 11 is 5.11. The Labute approximate surface area is 103 Å². The fraction of sp³-hybridized carbons (Fsp3) is 0.667. The molecule has 2 fully saturated rings. The Kier molecular flexibility index (Phi) is 2.54. The molecule has 2 saturated carbocycles. The molecule has 2 aliphatic carbocycles. The van der Waals surface area contributed by atoms with E-state index >= 15 is 0 Å². The summed E-state index contributed by atoms with van der Waals surface area (Å²) in [6, 6.07) is 1.86. The molecule has 2 nitrogen and oxygen atoms in total. The molecular weight excluding hydrogens is 242 g/mol. The molecule has 1 aromatic heterocycles. The first kappa shape index (κ1) is 11.3. The predicted molar refractivity (Wildman–Crippen MR) is 62.9 cm³/mol. The van der Waals surface area contributed by atoms with Crippen LogP contribution >= 0.6 is 12.2 Å². The highest BCUT2D eigenvalue weighted by molar-refractivity contribution is 7.71. The van der Waals surface area contributed by atoms with Crippen molar-refractivity contribution in [3.8, 4) is 0 Å². The van der Waals surface area contributed by atoms with Crippen molar-refractivity contribution in [1.29, 1.82) is 0 Å². The number of halogens is 2. The Morgan fingerprint density at radius 2 is 2.06 bits per heavy atom. The van der Waals surface area contributed by atoms with E-state index in [4.69, 9.17) is 12.2 Å². The molecule has 1 atom stereocenters. The second kappa shape index (κ2) is 3.83. The van der Waals surface area contributed by atoms with Gasteiger partial charge in [-0.3, -0.25) is 0 Å². The maximum Gasteiger partial charge on any atom is 0.248 e. The zero-order chi connectivity index (χ0) is 12.0. The van der Waals surface area contributed by atoms with Crippen LogP contribution in [0.25, 0.3) is 0 Å². The van der Waals surface area contributed by atoms with Gasteiger partial charge in [-0.2, -0.15) is 0 Å². The quantitative estimate of drug-likeness (QED) is 0.812. The first-order chi connectivity index (χ1) is 8.03. The molecule has 0 bridgehead atoms. The third kappa shape index (κ3) is 2.39. The number of nitrogens with zero attached hydrogens (tertiary/aromatic N) is 1. The zero-order valence-electron chi connectivity index (χ0n) is 9.38. The number of H-pyrrole nitrogens is 1. The maximum absolute atomic E-state index is 13.2. The van der Waals surface area contributed by atoms with E-state index in [1.54, 1.807) is 0 Å². The molecule has 2 aliphatic rings. The molecule has 0 aliphatic heterocycles. The minimum absolute atomic E-state index is 0.0341. The Bertz CT molecular complexity index is 494. The largest absolute Gasteiger partial charge is 0.347 e. The minimum Gasteiger partial charge on any atom is -0.347 e. The Balaban J connectivity index is 1.90. The number of nitrogens with one attached hydrogen (secondary N) is 1. The summed E-state index contributed by atoms with van der Waals surface area (Å²) in [7, 11) is 0. The van der Waals surface area contributed by atoms with Crippen molar-refractivity contribution < 1.29 is 8.78 Å². The number of alkyl halides is 2. The van der Waals surface area contributed by atoms with Gasteiger partial charge in [0.25, 0.3) is 0 Å². The summed E-state index contributed by atoms with van der Waals surface area (Å²) in [5.74, 6) is -1.49. The summed E-state index contributed by atoms with van der Waals surface area (Å²) in [6.07, 6.45) is 2.69. The van der Waals surface area contributed by atoms with E-state index in [1.807, 2.05) is 6.07 Å². The zero-order valence-corrected chi connectivity index (χ0v) is 10.2. The number of hydrogen-bond acceptors (Lipinski definition) is 2. The molecule has 1 aromatic rings. The van der Waals surface area contributed by atoms with Crippen LogP contribution in [0.15, 0.2) is 6.07 Å². The predicted octanol–water partition coefficient (Wildman–Crippen LogP) is 3.92. The Hall–Kier alpha value is -0.840. The van der Waals surface area contributed by atoms with Crippen molar-refractivity contribution >= 4 is 12.2 Å². The van der Waals surface area contributed by atoms with Crippen LogP contribution in [-0.2, 0) is 0 Å². The van der Waals surface area contributed by atoms with Crippen molar-refractivity contribution in [3.63, 3.8) is 0 Å². The first-order valence-corrected chi connectivity index (χ1v) is 6.43. The number of aromatic nitrogens is 2. The van der Waals surface area contributed by atoms with Gasteiger partial charge in [0.05, 0.1) is 0 Å². The molecule has 1 N–H and O–H groups in total. The van der Waals surface area contributed by atoms with Gasteiger partial charge in [-0.05, 0) is 31.2 Å². The van der Waals surface area contributed by atoms with Crippen LogP contribution in [0.5, 0.6) is 0 Å². The van der Waals surface area contributed by atoms with Crippen LogP contribution < -0.4 is 0 Å². The monoisotopic (exact) mass is 256 g/mol. The summed E-state index contributed by atoms with van der Waals surface area (Å²) in [4.78, 5) is 7.43. The molecule has 0 saturated heterocycles. The molecular formula is C12H14F2N2S. The molecule has 0 aromatic carbocycles. The van der Waals surface area contributed by atoms with Gasteiger partial charge in [-0.15, -0.1) is 0 Å². The van der Waals surface area contributed by atoms with E-state index in [9.17, 15) is 8.78 Å². The standard InChI is InChI=1S/C12H14F2N2S/c13-12(14)4-3-8(6-12)11-15-9(7-1-2-7)5-10(17)16-11/h5,7-8H,1-4,6H2,(H,15,16,17). The molecule has 3 rings (SSSR count). The molecule has 92 valence electrons. The van der Waals surface area contributed by atoms with Crippen molar-refractivity contribution in [2.75, 3.05) is 0 Å². The van der Waals surface area contributed by atoms with Crippen molar-refractivity contribution in [2.24, 2.45) is 0 Å². The third-order valence-corrected chi connectivity index (χ3v) is 3.80. The molecule has 1 unspecified atom stereocenters. The van der Waals surface area contributed by atoms with Gasteiger partial charge in [0, 0.05) is 24.5 Å². The molecule has 5 heteroatoms.